The van der Waals surface area contributed by atoms with Gasteiger partial charge in [-0.05, 0) is 25.5 Å². The Morgan fingerprint density at radius 3 is 2.71 bits per heavy atom. The molecule has 1 aliphatic heterocycles. The largest absolute Gasteiger partial charge is 0.385 e. The molecule has 1 aromatic carbocycles. The molecule has 0 saturated carbocycles. The summed E-state index contributed by atoms with van der Waals surface area (Å²) in [6, 6.07) is 10.2. The Kier molecular flexibility index (Phi) is 3.85. The number of hydrogen-bond acceptors (Lipinski definition) is 2. The molecule has 1 fully saturated rings. The highest BCUT2D eigenvalue weighted by Crippen LogP contribution is 2.39. The molecule has 1 heterocycles. The summed E-state index contributed by atoms with van der Waals surface area (Å²) < 4.78 is 0. The monoisotopic (exact) mass is 233 g/mol. The Morgan fingerprint density at radius 1 is 1.35 bits per heavy atom. The van der Waals surface area contributed by atoms with E-state index in [4.69, 9.17) is 0 Å². The van der Waals surface area contributed by atoms with Crippen molar-refractivity contribution < 1.29 is 5.11 Å². The maximum atomic E-state index is 11.0. The number of aliphatic hydroxyl groups is 1. The molecule has 1 aliphatic rings. The zero-order valence-electron chi connectivity index (χ0n) is 10.9. The van der Waals surface area contributed by atoms with Crippen molar-refractivity contribution in [2.45, 2.75) is 31.8 Å². The molecule has 0 unspecified atom stereocenters. The molecule has 0 spiro atoms. The topological polar surface area (TPSA) is 23.5 Å². The maximum Gasteiger partial charge on any atom is 0.0948 e. The minimum Gasteiger partial charge on any atom is -0.385 e. The van der Waals surface area contributed by atoms with E-state index in [0.29, 0.717) is 5.92 Å². The van der Waals surface area contributed by atoms with E-state index in [9.17, 15) is 5.11 Å². The van der Waals surface area contributed by atoms with Crippen LogP contribution in [0.3, 0.4) is 0 Å². The third-order valence-corrected chi connectivity index (χ3v) is 3.99. The first kappa shape index (κ1) is 12.6. The van der Waals surface area contributed by atoms with E-state index in [1.165, 1.54) is 0 Å². The second kappa shape index (κ2) is 5.19. The van der Waals surface area contributed by atoms with E-state index in [0.717, 1.165) is 37.9 Å². The molecule has 0 amide bonds. The lowest BCUT2D eigenvalue weighted by molar-refractivity contribution is -0.0762. The Morgan fingerprint density at radius 2 is 2.06 bits per heavy atom. The lowest BCUT2D eigenvalue weighted by atomic mass is 9.74. The van der Waals surface area contributed by atoms with Crippen LogP contribution in [0.4, 0.5) is 0 Å². The molecule has 17 heavy (non-hydrogen) atoms. The third kappa shape index (κ3) is 2.53. The summed E-state index contributed by atoms with van der Waals surface area (Å²) >= 11 is 0. The molecular formula is C15H23NO. The molecule has 2 heteroatoms. The SMILES string of the molecule is CCC[C@H]1CN(C)CC[C@]1(O)c1ccccc1. The van der Waals surface area contributed by atoms with Crippen LogP contribution in [0.1, 0.15) is 31.7 Å². The van der Waals surface area contributed by atoms with Crippen molar-refractivity contribution in [1.82, 2.24) is 4.90 Å². The summed E-state index contributed by atoms with van der Waals surface area (Å²) in [5.74, 6) is 0.355. The number of likely N-dealkylation sites (tertiary alicyclic amines) is 1. The van der Waals surface area contributed by atoms with Crippen LogP contribution in [0, 0.1) is 5.92 Å². The first-order chi connectivity index (χ1) is 8.16. The Hall–Kier alpha value is -0.860. The summed E-state index contributed by atoms with van der Waals surface area (Å²) in [6.45, 7) is 4.17. The van der Waals surface area contributed by atoms with Crippen molar-refractivity contribution in [3.63, 3.8) is 0 Å². The van der Waals surface area contributed by atoms with E-state index < -0.39 is 5.60 Å². The number of nitrogens with zero attached hydrogens (tertiary/aromatic N) is 1. The summed E-state index contributed by atoms with van der Waals surface area (Å²) in [5, 5.41) is 11.0. The van der Waals surface area contributed by atoms with Gasteiger partial charge in [0.05, 0.1) is 5.60 Å². The minimum atomic E-state index is -0.621. The van der Waals surface area contributed by atoms with E-state index in [1.54, 1.807) is 0 Å². The zero-order valence-corrected chi connectivity index (χ0v) is 10.9. The molecule has 2 rings (SSSR count). The average Bonchev–Trinajstić information content (AvgIpc) is 2.35. The number of rotatable bonds is 3. The van der Waals surface area contributed by atoms with Crippen molar-refractivity contribution in [2.24, 2.45) is 5.92 Å². The molecule has 1 N–H and O–H groups in total. The fourth-order valence-corrected chi connectivity index (χ4v) is 2.97. The summed E-state index contributed by atoms with van der Waals surface area (Å²) in [5.41, 5.74) is 0.468. The lowest BCUT2D eigenvalue weighted by Gasteiger charge is -2.44. The predicted molar refractivity (Wildman–Crippen MR) is 70.9 cm³/mol. The third-order valence-electron chi connectivity index (χ3n) is 3.99. The number of piperidine rings is 1. The van der Waals surface area contributed by atoms with Gasteiger partial charge in [-0.15, -0.1) is 0 Å². The van der Waals surface area contributed by atoms with Gasteiger partial charge in [0.1, 0.15) is 0 Å². The molecule has 2 atom stereocenters. The fourth-order valence-electron chi connectivity index (χ4n) is 2.97. The van der Waals surface area contributed by atoms with Crippen molar-refractivity contribution in [2.75, 3.05) is 20.1 Å². The standard InChI is InChI=1S/C15H23NO/c1-3-7-14-12-16(2)11-10-15(14,17)13-8-5-4-6-9-13/h4-6,8-9,14,17H,3,7,10-12H2,1-2H3/t14-,15-/m0/s1. The van der Waals surface area contributed by atoms with Crippen LogP contribution in [0.5, 0.6) is 0 Å². The van der Waals surface area contributed by atoms with Crippen molar-refractivity contribution in [1.29, 1.82) is 0 Å². The summed E-state index contributed by atoms with van der Waals surface area (Å²) in [7, 11) is 2.15. The quantitative estimate of drug-likeness (QED) is 0.867. The molecular weight excluding hydrogens is 210 g/mol. The molecule has 1 aromatic rings. The van der Waals surface area contributed by atoms with Crippen LogP contribution >= 0.6 is 0 Å². The molecule has 0 bridgehead atoms. The van der Waals surface area contributed by atoms with Crippen LogP contribution < -0.4 is 0 Å². The number of benzene rings is 1. The van der Waals surface area contributed by atoms with Gasteiger partial charge in [-0.1, -0.05) is 43.7 Å². The second-order valence-corrected chi connectivity index (χ2v) is 5.29. The Labute approximate surface area is 104 Å². The van der Waals surface area contributed by atoms with E-state index in [1.807, 2.05) is 18.2 Å². The second-order valence-electron chi connectivity index (χ2n) is 5.29. The van der Waals surface area contributed by atoms with E-state index >= 15 is 0 Å². The zero-order chi connectivity index (χ0) is 12.3. The van der Waals surface area contributed by atoms with E-state index in [-0.39, 0.29) is 0 Å². The van der Waals surface area contributed by atoms with Gasteiger partial charge in [0.2, 0.25) is 0 Å². The van der Waals surface area contributed by atoms with Gasteiger partial charge in [-0.3, -0.25) is 0 Å². The molecule has 0 radical (unpaired) electrons. The van der Waals surface area contributed by atoms with Crippen LogP contribution in [0.2, 0.25) is 0 Å². The molecule has 94 valence electrons. The Bertz CT molecular complexity index is 351. The normalized spacial score (nSPS) is 30.4. The van der Waals surface area contributed by atoms with Crippen molar-refractivity contribution >= 4 is 0 Å². The predicted octanol–water partition coefficient (Wildman–Crippen LogP) is 2.63. The first-order valence-corrected chi connectivity index (χ1v) is 6.63. The van der Waals surface area contributed by atoms with Crippen molar-refractivity contribution in [3.8, 4) is 0 Å². The van der Waals surface area contributed by atoms with Gasteiger partial charge in [-0.2, -0.15) is 0 Å². The molecule has 0 aliphatic carbocycles. The fraction of sp³-hybridized carbons (Fsp3) is 0.600. The molecule has 0 aromatic heterocycles. The number of hydrogen-bond donors (Lipinski definition) is 1. The summed E-state index contributed by atoms with van der Waals surface area (Å²) in [6.07, 6.45) is 3.07. The van der Waals surface area contributed by atoms with Crippen molar-refractivity contribution in [3.05, 3.63) is 35.9 Å². The van der Waals surface area contributed by atoms with Gasteiger partial charge < -0.3 is 10.0 Å². The highest BCUT2D eigenvalue weighted by Gasteiger charge is 2.41. The van der Waals surface area contributed by atoms with Crippen LogP contribution in [-0.4, -0.2) is 30.1 Å². The highest BCUT2D eigenvalue weighted by atomic mass is 16.3. The first-order valence-electron chi connectivity index (χ1n) is 6.63. The van der Waals surface area contributed by atoms with Gasteiger partial charge in [0.15, 0.2) is 0 Å². The van der Waals surface area contributed by atoms with Crippen LogP contribution in [-0.2, 0) is 5.60 Å². The minimum absolute atomic E-state index is 0.355. The smallest absolute Gasteiger partial charge is 0.0948 e. The van der Waals surface area contributed by atoms with Gasteiger partial charge in [0, 0.05) is 19.0 Å². The molecule has 1 saturated heterocycles. The van der Waals surface area contributed by atoms with Crippen LogP contribution in [0.15, 0.2) is 30.3 Å². The maximum absolute atomic E-state index is 11.0. The van der Waals surface area contributed by atoms with Gasteiger partial charge in [-0.25, -0.2) is 0 Å². The summed E-state index contributed by atoms with van der Waals surface area (Å²) in [4.78, 5) is 2.33. The Balaban J connectivity index is 2.26. The highest BCUT2D eigenvalue weighted by molar-refractivity contribution is 5.24. The van der Waals surface area contributed by atoms with Gasteiger partial charge >= 0.3 is 0 Å². The molecule has 2 nitrogen and oxygen atoms in total. The lowest BCUT2D eigenvalue weighted by Crippen LogP contribution is -2.48. The average molecular weight is 233 g/mol. The van der Waals surface area contributed by atoms with Gasteiger partial charge in [0.25, 0.3) is 0 Å². The van der Waals surface area contributed by atoms with Crippen LogP contribution in [0.25, 0.3) is 0 Å². The van der Waals surface area contributed by atoms with E-state index in [2.05, 4.69) is 31.0 Å².